The molecule has 0 radical (unpaired) electrons. The van der Waals surface area contributed by atoms with Crippen LogP contribution in [0, 0.1) is 0 Å². The van der Waals surface area contributed by atoms with Gasteiger partial charge >= 0.3 is 6.09 Å². The van der Waals surface area contributed by atoms with Crippen LogP contribution in [0.25, 0.3) is 0 Å². The van der Waals surface area contributed by atoms with Crippen molar-refractivity contribution in [3.8, 4) is 5.75 Å². The zero-order valence-corrected chi connectivity index (χ0v) is 14.3. The summed E-state index contributed by atoms with van der Waals surface area (Å²) in [6.45, 7) is 8.08. The van der Waals surface area contributed by atoms with Gasteiger partial charge in [0.15, 0.2) is 10.5 Å². The zero-order valence-electron chi connectivity index (χ0n) is 12.7. The van der Waals surface area contributed by atoms with Gasteiger partial charge in [0.25, 0.3) is 0 Å². The Morgan fingerprint density at radius 1 is 1.38 bits per heavy atom. The fourth-order valence-corrected chi connectivity index (χ4v) is 2.40. The lowest BCUT2D eigenvalue weighted by molar-refractivity contribution is 0.0224. The molecular weight excluding hydrogens is 338 g/mol. The van der Waals surface area contributed by atoms with Gasteiger partial charge in [-0.1, -0.05) is 0 Å². The van der Waals surface area contributed by atoms with Crippen molar-refractivity contribution in [2.24, 2.45) is 0 Å². The Kier molecular flexibility index (Phi) is 4.70. The lowest BCUT2D eigenvalue weighted by Crippen LogP contribution is -2.39. The maximum absolute atomic E-state index is 12.1. The molecule has 1 aliphatic rings. The molecule has 1 amide bonds. The monoisotopic (exact) mass is 357 g/mol. The Bertz CT molecular complexity index is 501. The van der Waals surface area contributed by atoms with Gasteiger partial charge in [-0.2, -0.15) is 0 Å². The summed E-state index contributed by atoms with van der Waals surface area (Å²) in [5.74, 6) is 0.599. The number of nitrogens with zero attached hydrogens (tertiary/aromatic N) is 3. The van der Waals surface area contributed by atoms with Gasteiger partial charge < -0.3 is 14.4 Å². The van der Waals surface area contributed by atoms with Gasteiger partial charge in [-0.3, -0.25) is 0 Å². The number of hydrogen-bond acceptors (Lipinski definition) is 5. The third-order valence-electron chi connectivity index (χ3n) is 3.06. The highest BCUT2D eigenvalue weighted by atomic mass is 79.9. The minimum Gasteiger partial charge on any atom is -0.485 e. The van der Waals surface area contributed by atoms with E-state index in [-0.39, 0.29) is 18.2 Å². The van der Waals surface area contributed by atoms with Crippen molar-refractivity contribution in [1.29, 1.82) is 0 Å². The zero-order chi connectivity index (χ0) is 15.6. The van der Waals surface area contributed by atoms with E-state index >= 15 is 0 Å². The topological polar surface area (TPSA) is 64.6 Å². The maximum Gasteiger partial charge on any atom is 0.410 e. The van der Waals surface area contributed by atoms with Crippen LogP contribution in [0.5, 0.6) is 5.75 Å². The molecule has 1 aromatic rings. The van der Waals surface area contributed by atoms with E-state index in [0.29, 0.717) is 17.0 Å². The predicted octanol–water partition coefficient (Wildman–Crippen LogP) is 3.02. The molecule has 2 heterocycles. The lowest BCUT2D eigenvalue weighted by Gasteiger charge is -2.26. The fraction of sp³-hybridized carbons (Fsp3) is 0.643. The van der Waals surface area contributed by atoms with Crippen LogP contribution < -0.4 is 4.74 Å². The first-order chi connectivity index (χ1) is 9.74. The second-order valence-electron chi connectivity index (χ2n) is 6.15. The summed E-state index contributed by atoms with van der Waals surface area (Å²) < 4.78 is 11.7. The molecule has 6 nitrogen and oxygen atoms in total. The third kappa shape index (κ3) is 4.56. The highest BCUT2D eigenvalue weighted by molar-refractivity contribution is 9.10. The highest BCUT2D eigenvalue weighted by Gasteiger charge is 2.36. The van der Waals surface area contributed by atoms with Gasteiger partial charge in [0.05, 0.1) is 18.9 Å². The van der Waals surface area contributed by atoms with Crippen LogP contribution in [0.2, 0.25) is 0 Å². The predicted molar refractivity (Wildman–Crippen MR) is 81.2 cm³/mol. The van der Waals surface area contributed by atoms with E-state index in [0.717, 1.165) is 6.42 Å². The molecule has 7 heteroatoms. The lowest BCUT2D eigenvalue weighted by atomic mass is 10.2. The van der Waals surface area contributed by atoms with Crippen LogP contribution >= 0.6 is 15.9 Å². The quantitative estimate of drug-likeness (QED) is 0.761. The minimum atomic E-state index is -0.491. The largest absolute Gasteiger partial charge is 0.485 e. The summed E-state index contributed by atoms with van der Waals surface area (Å²) in [6.07, 6.45) is 3.61. The molecule has 0 saturated carbocycles. The molecule has 116 valence electrons. The van der Waals surface area contributed by atoms with Crippen LogP contribution in [0.15, 0.2) is 17.1 Å². The molecule has 2 rings (SSSR count). The maximum atomic E-state index is 12.1. The Morgan fingerprint density at radius 3 is 2.57 bits per heavy atom. The number of carbonyl (C=O) groups is 1. The normalized spacial score (nSPS) is 22.2. The molecule has 1 unspecified atom stereocenters. The van der Waals surface area contributed by atoms with E-state index in [4.69, 9.17) is 9.47 Å². The van der Waals surface area contributed by atoms with E-state index in [2.05, 4.69) is 25.9 Å². The first-order valence-electron chi connectivity index (χ1n) is 6.88. The average Bonchev–Trinajstić information content (AvgIpc) is 2.71. The molecule has 0 bridgehead atoms. The number of rotatable bonds is 2. The average molecular weight is 358 g/mol. The summed E-state index contributed by atoms with van der Waals surface area (Å²) in [6, 6.07) is 0.0845. The number of hydrogen-bond donors (Lipinski definition) is 0. The van der Waals surface area contributed by atoms with Gasteiger partial charge in [0.2, 0.25) is 0 Å². The number of likely N-dealkylation sites (tertiary alicyclic amines) is 1. The fourth-order valence-electron chi connectivity index (χ4n) is 2.20. The van der Waals surface area contributed by atoms with Crippen molar-refractivity contribution < 1.29 is 14.3 Å². The minimum absolute atomic E-state index is 0.0720. The summed E-state index contributed by atoms with van der Waals surface area (Å²) >= 11 is 3.18. The number of amides is 1. The Balaban J connectivity index is 1.94. The molecule has 1 fully saturated rings. The number of aromatic nitrogens is 2. The molecule has 1 aliphatic heterocycles. The van der Waals surface area contributed by atoms with Gasteiger partial charge in [0, 0.05) is 12.5 Å². The third-order valence-corrected chi connectivity index (χ3v) is 3.47. The molecule has 0 spiro atoms. The van der Waals surface area contributed by atoms with Crippen molar-refractivity contribution >= 4 is 22.0 Å². The molecule has 0 aliphatic carbocycles. The van der Waals surface area contributed by atoms with Crippen LogP contribution in [-0.2, 0) is 4.74 Å². The van der Waals surface area contributed by atoms with E-state index in [1.54, 1.807) is 17.3 Å². The van der Waals surface area contributed by atoms with E-state index in [1.165, 1.54) is 0 Å². The molecule has 2 atom stereocenters. The van der Waals surface area contributed by atoms with Crippen LogP contribution in [0.4, 0.5) is 4.79 Å². The molecule has 1 saturated heterocycles. The van der Waals surface area contributed by atoms with Crippen LogP contribution in [0.1, 0.15) is 34.1 Å². The van der Waals surface area contributed by atoms with Crippen LogP contribution in [-0.4, -0.2) is 45.3 Å². The van der Waals surface area contributed by atoms with Crippen molar-refractivity contribution in [2.45, 2.75) is 51.9 Å². The first kappa shape index (κ1) is 16.0. The number of carbonyl (C=O) groups excluding carboxylic acids is 1. The summed E-state index contributed by atoms with van der Waals surface area (Å²) in [5, 5.41) is 0. The highest BCUT2D eigenvalue weighted by Crippen LogP contribution is 2.24. The van der Waals surface area contributed by atoms with Crippen molar-refractivity contribution in [1.82, 2.24) is 14.9 Å². The van der Waals surface area contributed by atoms with Gasteiger partial charge in [-0.15, -0.1) is 0 Å². The Labute approximate surface area is 133 Å². The molecular formula is C14H20BrN3O3. The van der Waals surface area contributed by atoms with Gasteiger partial charge in [-0.25, -0.2) is 14.8 Å². The van der Waals surface area contributed by atoms with Gasteiger partial charge in [-0.05, 0) is 43.6 Å². The molecule has 21 heavy (non-hydrogen) atoms. The van der Waals surface area contributed by atoms with Crippen molar-refractivity contribution in [2.75, 3.05) is 6.54 Å². The summed E-state index contributed by atoms with van der Waals surface area (Å²) in [4.78, 5) is 21.9. The Hall–Kier alpha value is -1.37. The number of halogens is 1. The summed E-state index contributed by atoms with van der Waals surface area (Å²) in [7, 11) is 0. The van der Waals surface area contributed by atoms with E-state index in [1.807, 2.05) is 27.7 Å². The number of ether oxygens (including phenoxy) is 2. The molecule has 0 aromatic carbocycles. The first-order valence-corrected chi connectivity index (χ1v) is 7.68. The van der Waals surface area contributed by atoms with E-state index < -0.39 is 5.60 Å². The van der Waals surface area contributed by atoms with Gasteiger partial charge in [0.1, 0.15) is 11.7 Å². The van der Waals surface area contributed by atoms with Crippen molar-refractivity contribution in [3.63, 3.8) is 0 Å². The summed E-state index contributed by atoms with van der Waals surface area (Å²) in [5.41, 5.74) is -0.491. The SMILES string of the molecule is C[C@H]1CC(Oc2cnc(Br)nc2)CN1C(=O)OC(C)(C)C. The second kappa shape index (κ2) is 6.17. The van der Waals surface area contributed by atoms with E-state index in [9.17, 15) is 4.79 Å². The molecule has 0 N–H and O–H groups in total. The Morgan fingerprint density at radius 2 is 2.00 bits per heavy atom. The standard InChI is InChI=1S/C14H20BrN3O3/c1-9-5-10(20-11-6-16-12(15)17-7-11)8-18(9)13(19)21-14(2,3)4/h6-7,9-10H,5,8H2,1-4H3/t9-,10?/m0/s1. The van der Waals surface area contributed by atoms with Crippen molar-refractivity contribution in [3.05, 3.63) is 17.1 Å². The second-order valence-corrected chi connectivity index (χ2v) is 6.85. The smallest absolute Gasteiger partial charge is 0.410 e. The van der Waals surface area contributed by atoms with Crippen LogP contribution in [0.3, 0.4) is 0 Å². The molecule has 1 aromatic heterocycles.